The van der Waals surface area contributed by atoms with Crippen molar-refractivity contribution in [3.63, 3.8) is 0 Å². The number of nitrogens with zero attached hydrogens (tertiary/aromatic N) is 1. The van der Waals surface area contributed by atoms with Crippen molar-refractivity contribution in [1.29, 1.82) is 0 Å². The summed E-state index contributed by atoms with van der Waals surface area (Å²) in [6, 6.07) is 11.4. The Balaban J connectivity index is 2.06. The number of carbonyl (C=O) groups excluding carboxylic acids is 1. The predicted octanol–water partition coefficient (Wildman–Crippen LogP) is 3.46. The van der Waals surface area contributed by atoms with Gasteiger partial charge in [0.05, 0.1) is 5.56 Å². The number of halogens is 1. The van der Waals surface area contributed by atoms with Crippen LogP contribution in [0.15, 0.2) is 57.0 Å². The van der Waals surface area contributed by atoms with Gasteiger partial charge in [-0.15, -0.1) is 0 Å². The Morgan fingerprint density at radius 1 is 1.23 bits per heavy atom. The number of rotatable bonds is 7. The van der Waals surface area contributed by atoms with Crippen molar-refractivity contribution in [1.82, 2.24) is 10.3 Å². The minimum atomic E-state index is -0.0581. The van der Waals surface area contributed by atoms with Gasteiger partial charge in [0, 0.05) is 22.1 Å². The lowest BCUT2D eigenvalue weighted by molar-refractivity contribution is 0.0950. The van der Waals surface area contributed by atoms with Crippen molar-refractivity contribution in [3.05, 3.63) is 52.6 Å². The van der Waals surface area contributed by atoms with Crippen LogP contribution in [0.3, 0.4) is 0 Å². The number of carbonyl (C=O) groups is 1. The second-order valence-electron chi connectivity index (χ2n) is 4.66. The molecule has 0 radical (unpaired) electrons. The largest absolute Gasteiger partial charge is 0.352 e. The summed E-state index contributed by atoms with van der Waals surface area (Å²) in [4.78, 5) is 17.5. The number of hydrogen-bond donors (Lipinski definition) is 2. The molecule has 1 amide bonds. The summed E-state index contributed by atoms with van der Waals surface area (Å²) in [5, 5.41) is 3.79. The molecule has 3 N–H and O–H groups in total. The Hall–Kier alpha value is -1.37. The fourth-order valence-corrected chi connectivity index (χ4v) is 2.96. The maximum Gasteiger partial charge on any atom is 0.252 e. The fourth-order valence-electron chi connectivity index (χ4n) is 1.84. The Labute approximate surface area is 143 Å². The number of aromatic nitrogens is 1. The van der Waals surface area contributed by atoms with Gasteiger partial charge in [-0.2, -0.15) is 0 Å². The van der Waals surface area contributed by atoms with Crippen LogP contribution in [0.4, 0.5) is 0 Å². The van der Waals surface area contributed by atoms with Crippen LogP contribution in [-0.4, -0.2) is 24.0 Å². The number of hydrogen-bond acceptors (Lipinski definition) is 4. The third kappa shape index (κ3) is 5.12. The number of unbranched alkanes of at least 4 members (excludes halogenated alkanes) is 1. The molecule has 116 valence electrons. The van der Waals surface area contributed by atoms with Crippen LogP contribution < -0.4 is 11.1 Å². The van der Waals surface area contributed by atoms with E-state index in [-0.39, 0.29) is 5.91 Å². The van der Waals surface area contributed by atoms with Crippen molar-refractivity contribution >= 4 is 33.6 Å². The van der Waals surface area contributed by atoms with Crippen molar-refractivity contribution in [3.8, 4) is 0 Å². The van der Waals surface area contributed by atoms with Crippen molar-refractivity contribution in [2.45, 2.75) is 22.8 Å². The third-order valence-corrected chi connectivity index (χ3v) is 4.46. The summed E-state index contributed by atoms with van der Waals surface area (Å²) in [6.07, 6.45) is 3.56. The van der Waals surface area contributed by atoms with Crippen LogP contribution in [0.1, 0.15) is 23.2 Å². The van der Waals surface area contributed by atoms with Gasteiger partial charge in [-0.1, -0.05) is 23.9 Å². The summed E-state index contributed by atoms with van der Waals surface area (Å²) >= 11 is 4.85. The molecule has 0 aliphatic carbocycles. The summed E-state index contributed by atoms with van der Waals surface area (Å²) in [5.41, 5.74) is 6.12. The smallest absolute Gasteiger partial charge is 0.252 e. The second-order valence-corrected chi connectivity index (χ2v) is 6.64. The highest BCUT2D eigenvalue weighted by molar-refractivity contribution is 9.10. The van der Waals surface area contributed by atoms with Gasteiger partial charge in [-0.05, 0) is 59.6 Å². The van der Waals surface area contributed by atoms with Crippen LogP contribution in [-0.2, 0) is 0 Å². The number of pyridine rings is 1. The van der Waals surface area contributed by atoms with Gasteiger partial charge < -0.3 is 11.1 Å². The van der Waals surface area contributed by atoms with E-state index < -0.39 is 0 Å². The molecule has 4 nitrogen and oxygen atoms in total. The van der Waals surface area contributed by atoms with Gasteiger partial charge in [-0.3, -0.25) is 4.79 Å². The highest BCUT2D eigenvalue weighted by Gasteiger charge is 2.11. The lowest BCUT2D eigenvalue weighted by atomic mass is 10.2. The van der Waals surface area contributed by atoms with E-state index in [1.54, 1.807) is 6.20 Å². The highest BCUT2D eigenvalue weighted by atomic mass is 79.9. The molecular weight excluding hydrogens is 362 g/mol. The number of nitrogens with two attached hydrogens (primary N) is 1. The summed E-state index contributed by atoms with van der Waals surface area (Å²) < 4.78 is 0.933. The van der Waals surface area contributed by atoms with Crippen LogP contribution in [0.5, 0.6) is 0 Å². The maximum absolute atomic E-state index is 12.3. The molecule has 0 atom stereocenters. The van der Waals surface area contributed by atoms with E-state index in [9.17, 15) is 4.79 Å². The first-order chi connectivity index (χ1) is 10.7. The summed E-state index contributed by atoms with van der Waals surface area (Å²) in [7, 11) is 0. The maximum atomic E-state index is 12.3. The molecule has 0 saturated carbocycles. The topological polar surface area (TPSA) is 68.0 Å². The Bertz CT molecular complexity index is 619. The first kappa shape index (κ1) is 17.0. The molecule has 2 rings (SSSR count). The van der Waals surface area contributed by atoms with E-state index in [0.717, 1.165) is 27.2 Å². The summed E-state index contributed by atoms with van der Waals surface area (Å²) in [6.45, 7) is 1.29. The standard InChI is InChI=1S/C16H18BrN3OS/c17-12-7-8-15(20-11-12)22-14-6-2-1-5-13(14)16(21)19-10-4-3-9-18/h1-2,5-8,11H,3-4,9-10,18H2,(H,19,21). The molecule has 6 heteroatoms. The average molecular weight is 380 g/mol. The average Bonchev–Trinajstić information content (AvgIpc) is 2.54. The SMILES string of the molecule is NCCCCNC(=O)c1ccccc1Sc1ccc(Br)cn1. The second kappa shape index (κ2) is 8.92. The Kier molecular flexibility index (Phi) is 6.89. The van der Waals surface area contributed by atoms with E-state index in [0.29, 0.717) is 18.7 Å². The molecule has 0 aliphatic heterocycles. The molecule has 0 bridgehead atoms. The first-order valence-corrected chi connectivity index (χ1v) is 8.68. The lowest BCUT2D eigenvalue weighted by Gasteiger charge is -2.09. The zero-order valence-electron chi connectivity index (χ0n) is 12.1. The minimum Gasteiger partial charge on any atom is -0.352 e. The van der Waals surface area contributed by atoms with Crippen LogP contribution >= 0.6 is 27.7 Å². The van der Waals surface area contributed by atoms with Crippen LogP contribution in [0.2, 0.25) is 0 Å². The van der Waals surface area contributed by atoms with E-state index >= 15 is 0 Å². The van der Waals surface area contributed by atoms with Gasteiger partial charge in [0.25, 0.3) is 5.91 Å². The molecular formula is C16H18BrN3OS. The van der Waals surface area contributed by atoms with E-state index in [2.05, 4.69) is 26.2 Å². The fraction of sp³-hybridized carbons (Fsp3) is 0.250. The molecule has 1 heterocycles. The molecule has 0 spiro atoms. The third-order valence-electron chi connectivity index (χ3n) is 2.96. The molecule has 22 heavy (non-hydrogen) atoms. The van der Waals surface area contributed by atoms with E-state index in [1.807, 2.05) is 36.4 Å². The zero-order chi connectivity index (χ0) is 15.8. The Morgan fingerprint density at radius 3 is 2.77 bits per heavy atom. The van der Waals surface area contributed by atoms with E-state index in [4.69, 9.17) is 5.73 Å². The van der Waals surface area contributed by atoms with Crippen molar-refractivity contribution in [2.24, 2.45) is 5.73 Å². The lowest BCUT2D eigenvalue weighted by Crippen LogP contribution is -2.25. The molecule has 0 fully saturated rings. The molecule has 0 saturated heterocycles. The number of amides is 1. The molecule has 0 aliphatic rings. The molecule has 1 aromatic heterocycles. The number of benzene rings is 1. The van der Waals surface area contributed by atoms with Gasteiger partial charge in [-0.25, -0.2) is 4.98 Å². The quantitative estimate of drug-likeness (QED) is 0.722. The number of nitrogens with one attached hydrogen (secondary N) is 1. The minimum absolute atomic E-state index is 0.0581. The van der Waals surface area contributed by atoms with Gasteiger partial charge >= 0.3 is 0 Å². The van der Waals surface area contributed by atoms with Crippen molar-refractivity contribution in [2.75, 3.05) is 13.1 Å². The van der Waals surface area contributed by atoms with Gasteiger partial charge in [0.2, 0.25) is 0 Å². The highest BCUT2D eigenvalue weighted by Crippen LogP contribution is 2.29. The van der Waals surface area contributed by atoms with E-state index in [1.165, 1.54) is 11.8 Å². The monoisotopic (exact) mass is 379 g/mol. The van der Waals surface area contributed by atoms with Crippen LogP contribution in [0, 0.1) is 0 Å². The molecule has 0 unspecified atom stereocenters. The van der Waals surface area contributed by atoms with Crippen molar-refractivity contribution < 1.29 is 4.79 Å². The molecule has 1 aromatic carbocycles. The summed E-state index contributed by atoms with van der Waals surface area (Å²) in [5.74, 6) is -0.0581. The van der Waals surface area contributed by atoms with Gasteiger partial charge in [0.1, 0.15) is 5.03 Å². The first-order valence-electron chi connectivity index (χ1n) is 7.07. The van der Waals surface area contributed by atoms with Gasteiger partial charge in [0.15, 0.2) is 0 Å². The van der Waals surface area contributed by atoms with Crippen LogP contribution in [0.25, 0.3) is 0 Å². The Morgan fingerprint density at radius 2 is 2.05 bits per heavy atom. The normalized spacial score (nSPS) is 10.5. The zero-order valence-corrected chi connectivity index (χ0v) is 14.5. The molecule has 2 aromatic rings. The predicted molar refractivity (Wildman–Crippen MR) is 93.1 cm³/mol.